The van der Waals surface area contributed by atoms with Crippen molar-refractivity contribution in [1.29, 1.82) is 0 Å². The van der Waals surface area contributed by atoms with E-state index < -0.39 is 0 Å². The van der Waals surface area contributed by atoms with E-state index in [1.165, 1.54) is 6.07 Å². The normalized spacial score (nSPS) is 15.2. The highest BCUT2D eigenvalue weighted by atomic mass is 19.1. The van der Waals surface area contributed by atoms with Crippen molar-refractivity contribution >= 4 is 17.3 Å². The zero-order valence-electron chi connectivity index (χ0n) is 17.8. The van der Waals surface area contributed by atoms with E-state index in [1.807, 2.05) is 18.2 Å². The fraction of sp³-hybridized carbons (Fsp3) is 0.409. The second-order valence-electron chi connectivity index (χ2n) is 7.10. The van der Waals surface area contributed by atoms with E-state index in [9.17, 15) is 4.39 Å². The highest BCUT2D eigenvalue weighted by Gasteiger charge is 2.18. The quantitative estimate of drug-likeness (QED) is 0.535. The summed E-state index contributed by atoms with van der Waals surface area (Å²) in [4.78, 5) is 8.78. The fourth-order valence-corrected chi connectivity index (χ4v) is 3.49. The molecule has 0 spiro atoms. The van der Waals surface area contributed by atoms with E-state index >= 15 is 0 Å². The lowest BCUT2D eigenvalue weighted by atomic mass is 10.1. The van der Waals surface area contributed by atoms with Crippen LogP contribution < -0.4 is 25.4 Å². The van der Waals surface area contributed by atoms with Gasteiger partial charge in [-0.1, -0.05) is 13.0 Å². The van der Waals surface area contributed by atoms with Crippen molar-refractivity contribution in [3.8, 4) is 11.5 Å². The Morgan fingerprint density at radius 1 is 1.07 bits per heavy atom. The molecule has 3 N–H and O–H groups in total. The maximum absolute atomic E-state index is 14.7. The lowest BCUT2D eigenvalue weighted by Gasteiger charge is -2.35. The molecule has 0 saturated carbocycles. The summed E-state index contributed by atoms with van der Waals surface area (Å²) in [6.45, 7) is 7.06. The number of nitrogens with two attached hydrogens (primary N) is 1. The van der Waals surface area contributed by atoms with E-state index in [0.717, 1.165) is 44.0 Å². The van der Waals surface area contributed by atoms with Crippen LogP contribution in [0.1, 0.15) is 12.5 Å². The molecule has 7 nitrogen and oxygen atoms in total. The number of rotatable bonds is 7. The molecule has 0 unspecified atom stereocenters. The average molecular weight is 416 g/mol. The summed E-state index contributed by atoms with van der Waals surface area (Å²) in [5, 5.41) is 3.01. The van der Waals surface area contributed by atoms with Crippen molar-refractivity contribution in [2.75, 3.05) is 57.2 Å². The van der Waals surface area contributed by atoms with Gasteiger partial charge in [0.15, 0.2) is 17.5 Å². The molecule has 0 amide bonds. The molecule has 3 rings (SSSR count). The predicted molar refractivity (Wildman–Crippen MR) is 119 cm³/mol. The maximum Gasteiger partial charge on any atom is 0.193 e. The van der Waals surface area contributed by atoms with Crippen molar-refractivity contribution in [1.82, 2.24) is 4.90 Å². The molecule has 0 bridgehead atoms. The van der Waals surface area contributed by atoms with Gasteiger partial charge in [-0.3, -0.25) is 0 Å². The predicted octanol–water partition coefficient (Wildman–Crippen LogP) is 2.91. The molecule has 2 aromatic rings. The molecule has 0 radical (unpaired) electrons. The third kappa shape index (κ3) is 5.33. The standard InChI is InChI=1S/C22H30FN5O2/c1-4-27-9-11-28(12-10-27)19-7-5-16(13-18(19)23)15-25-22(24)26-17-6-8-20(29-2)21(14-17)30-3/h5-8,13-14H,4,9-12,15H2,1-3H3,(H3,24,25,26). The number of methoxy groups -OCH3 is 2. The smallest absolute Gasteiger partial charge is 0.193 e. The molecule has 8 heteroatoms. The average Bonchev–Trinajstić information content (AvgIpc) is 2.77. The van der Waals surface area contributed by atoms with Crippen LogP contribution in [0.25, 0.3) is 0 Å². The summed E-state index contributed by atoms with van der Waals surface area (Å²) in [5.74, 6) is 1.24. The maximum atomic E-state index is 14.7. The minimum Gasteiger partial charge on any atom is -0.493 e. The Labute approximate surface area is 177 Å². The van der Waals surface area contributed by atoms with Crippen molar-refractivity contribution in [3.63, 3.8) is 0 Å². The van der Waals surface area contributed by atoms with Gasteiger partial charge in [0.2, 0.25) is 0 Å². The number of halogens is 1. The number of nitrogens with one attached hydrogen (secondary N) is 1. The van der Waals surface area contributed by atoms with Gasteiger partial charge in [0.05, 0.1) is 26.5 Å². The van der Waals surface area contributed by atoms with Crippen LogP contribution in [-0.2, 0) is 6.54 Å². The second-order valence-corrected chi connectivity index (χ2v) is 7.10. The highest BCUT2D eigenvalue weighted by molar-refractivity contribution is 5.92. The van der Waals surface area contributed by atoms with Crippen molar-refractivity contribution in [2.45, 2.75) is 13.5 Å². The van der Waals surface area contributed by atoms with Crippen LogP contribution in [0.4, 0.5) is 15.8 Å². The van der Waals surface area contributed by atoms with Crippen LogP contribution in [-0.4, -0.2) is 57.8 Å². The fourth-order valence-electron chi connectivity index (χ4n) is 3.49. The molecular weight excluding hydrogens is 385 g/mol. The van der Waals surface area contributed by atoms with Crippen LogP contribution in [0.2, 0.25) is 0 Å². The lowest BCUT2D eigenvalue weighted by Crippen LogP contribution is -2.46. The number of piperazine rings is 1. The Morgan fingerprint density at radius 2 is 1.80 bits per heavy atom. The van der Waals surface area contributed by atoms with Gasteiger partial charge < -0.3 is 30.3 Å². The number of hydrogen-bond donors (Lipinski definition) is 2. The Hall–Kier alpha value is -3.00. The third-order valence-corrected chi connectivity index (χ3v) is 5.26. The largest absolute Gasteiger partial charge is 0.493 e. The number of benzene rings is 2. The van der Waals surface area contributed by atoms with Gasteiger partial charge in [0.25, 0.3) is 0 Å². The summed E-state index contributed by atoms with van der Waals surface area (Å²) < 4.78 is 25.2. The molecular formula is C22H30FN5O2. The van der Waals surface area contributed by atoms with Gasteiger partial charge >= 0.3 is 0 Å². The SMILES string of the molecule is CCN1CCN(c2ccc(CN=C(N)Nc3ccc(OC)c(OC)c3)cc2F)CC1. The van der Waals surface area contributed by atoms with E-state index in [2.05, 4.69) is 27.0 Å². The summed E-state index contributed by atoms with van der Waals surface area (Å²) in [7, 11) is 3.15. The molecule has 30 heavy (non-hydrogen) atoms. The molecule has 2 aromatic carbocycles. The van der Waals surface area contributed by atoms with Crippen molar-refractivity contribution in [2.24, 2.45) is 10.7 Å². The van der Waals surface area contributed by atoms with Gasteiger partial charge in [-0.2, -0.15) is 0 Å². The molecule has 1 aliphatic heterocycles. The topological polar surface area (TPSA) is 75.4 Å². The van der Waals surface area contributed by atoms with Gasteiger partial charge in [0.1, 0.15) is 5.82 Å². The van der Waals surface area contributed by atoms with E-state index in [-0.39, 0.29) is 18.3 Å². The zero-order valence-corrected chi connectivity index (χ0v) is 17.8. The van der Waals surface area contributed by atoms with Gasteiger partial charge in [-0.05, 0) is 36.4 Å². The number of guanidine groups is 1. The molecule has 1 fully saturated rings. The van der Waals surface area contributed by atoms with E-state index in [0.29, 0.717) is 17.2 Å². The number of aliphatic imine (C=N–C) groups is 1. The summed E-state index contributed by atoms with van der Waals surface area (Å²) in [5.41, 5.74) is 8.12. The highest BCUT2D eigenvalue weighted by Crippen LogP contribution is 2.29. The van der Waals surface area contributed by atoms with Crippen LogP contribution >= 0.6 is 0 Å². The minimum absolute atomic E-state index is 0.223. The first kappa shape index (κ1) is 21.7. The van der Waals surface area contributed by atoms with Crippen LogP contribution in [0, 0.1) is 5.82 Å². The molecule has 1 aliphatic rings. The summed E-state index contributed by atoms with van der Waals surface area (Å²) in [6, 6.07) is 10.6. The molecule has 162 valence electrons. The Balaban J connectivity index is 1.61. The zero-order chi connectivity index (χ0) is 21.5. The lowest BCUT2D eigenvalue weighted by molar-refractivity contribution is 0.270. The van der Waals surface area contributed by atoms with Crippen LogP contribution in [0.3, 0.4) is 0 Å². The number of likely N-dealkylation sites (N-methyl/N-ethyl adjacent to an activating group) is 1. The Morgan fingerprint density at radius 3 is 2.43 bits per heavy atom. The molecule has 1 saturated heterocycles. The van der Waals surface area contributed by atoms with Gasteiger partial charge in [0, 0.05) is 37.9 Å². The van der Waals surface area contributed by atoms with Gasteiger partial charge in [-0.25, -0.2) is 9.38 Å². The number of nitrogens with zero attached hydrogens (tertiary/aromatic N) is 3. The number of hydrogen-bond acceptors (Lipinski definition) is 5. The summed E-state index contributed by atoms with van der Waals surface area (Å²) in [6.07, 6.45) is 0. The molecule has 0 aliphatic carbocycles. The molecule has 1 heterocycles. The van der Waals surface area contributed by atoms with Crippen LogP contribution in [0.5, 0.6) is 11.5 Å². The first-order valence-electron chi connectivity index (χ1n) is 10.1. The third-order valence-electron chi connectivity index (χ3n) is 5.26. The first-order chi connectivity index (χ1) is 14.5. The summed E-state index contributed by atoms with van der Waals surface area (Å²) >= 11 is 0. The van der Waals surface area contributed by atoms with Gasteiger partial charge in [-0.15, -0.1) is 0 Å². The second kappa shape index (κ2) is 10.2. The van der Waals surface area contributed by atoms with E-state index in [1.54, 1.807) is 26.4 Å². The van der Waals surface area contributed by atoms with Crippen LogP contribution in [0.15, 0.2) is 41.4 Å². The van der Waals surface area contributed by atoms with Crippen molar-refractivity contribution < 1.29 is 13.9 Å². The molecule has 0 aromatic heterocycles. The van der Waals surface area contributed by atoms with E-state index in [4.69, 9.17) is 15.2 Å². The van der Waals surface area contributed by atoms with Crippen molar-refractivity contribution in [3.05, 3.63) is 47.8 Å². The number of ether oxygens (including phenoxy) is 2. The Bertz CT molecular complexity index is 882. The minimum atomic E-state index is -0.223. The monoisotopic (exact) mass is 415 g/mol. The first-order valence-corrected chi connectivity index (χ1v) is 10.1. The Kier molecular flexibility index (Phi) is 7.35. The molecule has 0 atom stereocenters. The number of anilines is 2.